The summed E-state index contributed by atoms with van der Waals surface area (Å²) in [7, 11) is 1.68. The van der Waals surface area contributed by atoms with Crippen LogP contribution in [-0.4, -0.2) is 52.3 Å². The molecule has 6 heteroatoms. The number of carbonyl (C=O) groups excluding carboxylic acids is 1. The minimum atomic E-state index is -0.105. The lowest BCUT2D eigenvalue weighted by Gasteiger charge is -2.35. The number of H-pyrrole nitrogens is 1. The number of piperidine rings is 1. The van der Waals surface area contributed by atoms with Gasteiger partial charge in [-0.05, 0) is 12.3 Å². The Labute approximate surface area is 94.0 Å². The monoisotopic (exact) mass is 224 g/mol. The van der Waals surface area contributed by atoms with Gasteiger partial charge in [0.15, 0.2) is 0 Å². The van der Waals surface area contributed by atoms with Gasteiger partial charge in [-0.25, -0.2) is 4.98 Å². The van der Waals surface area contributed by atoms with Crippen LogP contribution in [0.25, 0.3) is 0 Å². The Kier molecular flexibility index (Phi) is 3.19. The SMILES string of the molecule is COC1CN(C(=O)c2ncn[nH]2)CCC1C. The number of rotatable bonds is 2. The molecule has 1 aliphatic heterocycles. The number of hydrogen-bond donors (Lipinski definition) is 1. The Bertz CT molecular complexity index is 352. The third-order valence-corrected chi connectivity index (χ3v) is 3.10. The largest absolute Gasteiger partial charge is 0.379 e. The van der Waals surface area contributed by atoms with Gasteiger partial charge in [0.2, 0.25) is 5.82 Å². The van der Waals surface area contributed by atoms with Crippen LogP contribution < -0.4 is 0 Å². The van der Waals surface area contributed by atoms with E-state index in [2.05, 4.69) is 22.1 Å². The highest BCUT2D eigenvalue weighted by Gasteiger charge is 2.30. The number of hydrogen-bond acceptors (Lipinski definition) is 4. The number of nitrogens with zero attached hydrogens (tertiary/aromatic N) is 3. The van der Waals surface area contributed by atoms with Crippen LogP contribution in [0.4, 0.5) is 0 Å². The molecule has 6 nitrogen and oxygen atoms in total. The molecule has 1 fully saturated rings. The van der Waals surface area contributed by atoms with Crippen molar-refractivity contribution in [2.24, 2.45) is 5.92 Å². The number of carbonyl (C=O) groups is 1. The highest BCUT2D eigenvalue weighted by molar-refractivity contribution is 5.90. The molecule has 0 bridgehead atoms. The topological polar surface area (TPSA) is 71.1 Å². The van der Waals surface area contributed by atoms with Crippen LogP contribution in [0.5, 0.6) is 0 Å². The molecule has 1 aromatic heterocycles. The Hall–Kier alpha value is -1.43. The van der Waals surface area contributed by atoms with Gasteiger partial charge in [0.25, 0.3) is 5.91 Å². The first-order valence-electron chi connectivity index (χ1n) is 5.39. The molecule has 0 aliphatic carbocycles. The number of likely N-dealkylation sites (tertiary alicyclic amines) is 1. The van der Waals surface area contributed by atoms with Gasteiger partial charge in [-0.2, -0.15) is 5.10 Å². The third-order valence-electron chi connectivity index (χ3n) is 3.10. The highest BCUT2D eigenvalue weighted by Crippen LogP contribution is 2.20. The van der Waals surface area contributed by atoms with Crippen molar-refractivity contribution in [3.8, 4) is 0 Å². The first-order chi connectivity index (χ1) is 7.72. The molecule has 2 unspecified atom stereocenters. The molecule has 1 saturated heterocycles. The molecule has 1 aromatic rings. The second-order valence-corrected chi connectivity index (χ2v) is 4.13. The van der Waals surface area contributed by atoms with Crippen LogP contribution in [-0.2, 0) is 4.74 Å². The van der Waals surface area contributed by atoms with E-state index in [1.54, 1.807) is 12.0 Å². The smallest absolute Gasteiger partial charge is 0.291 e. The van der Waals surface area contributed by atoms with E-state index in [1.165, 1.54) is 6.33 Å². The number of methoxy groups -OCH3 is 1. The van der Waals surface area contributed by atoms with Gasteiger partial charge in [0.1, 0.15) is 6.33 Å². The number of aromatic amines is 1. The van der Waals surface area contributed by atoms with E-state index in [0.717, 1.165) is 13.0 Å². The summed E-state index contributed by atoms with van der Waals surface area (Å²) in [6.45, 7) is 3.52. The number of ether oxygens (including phenoxy) is 1. The molecule has 88 valence electrons. The molecule has 1 aliphatic rings. The molecule has 2 atom stereocenters. The zero-order valence-electron chi connectivity index (χ0n) is 9.51. The van der Waals surface area contributed by atoms with Crippen molar-refractivity contribution in [2.75, 3.05) is 20.2 Å². The second-order valence-electron chi connectivity index (χ2n) is 4.13. The van der Waals surface area contributed by atoms with Crippen molar-refractivity contribution in [3.05, 3.63) is 12.2 Å². The summed E-state index contributed by atoms with van der Waals surface area (Å²) in [6.07, 6.45) is 2.41. The zero-order valence-corrected chi connectivity index (χ0v) is 9.51. The summed E-state index contributed by atoms with van der Waals surface area (Å²) in [6, 6.07) is 0. The lowest BCUT2D eigenvalue weighted by Crippen LogP contribution is -2.46. The zero-order chi connectivity index (χ0) is 11.5. The molecule has 2 heterocycles. The van der Waals surface area contributed by atoms with E-state index in [1.807, 2.05) is 0 Å². The molecule has 0 saturated carbocycles. The van der Waals surface area contributed by atoms with Gasteiger partial charge in [-0.15, -0.1) is 0 Å². The van der Waals surface area contributed by atoms with Crippen molar-refractivity contribution in [1.29, 1.82) is 0 Å². The Balaban J connectivity index is 2.03. The van der Waals surface area contributed by atoms with Gasteiger partial charge >= 0.3 is 0 Å². The fraction of sp³-hybridized carbons (Fsp3) is 0.700. The van der Waals surface area contributed by atoms with Crippen LogP contribution in [0.3, 0.4) is 0 Å². The maximum Gasteiger partial charge on any atom is 0.291 e. The van der Waals surface area contributed by atoms with Crippen molar-refractivity contribution < 1.29 is 9.53 Å². The van der Waals surface area contributed by atoms with Crippen molar-refractivity contribution >= 4 is 5.91 Å². The minimum Gasteiger partial charge on any atom is -0.379 e. The molecule has 1 N–H and O–H groups in total. The van der Waals surface area contributed by atoms with Gasteiger partial charge in [0, 0.05) is 20.2 Å². The predicted octanol–water partition coefficient (Wildman–Crippen LogP) is 0.302. The normalized spacial score (nSPS) is 25.8. The molecule has 0 spiro atoms. The second kappa shape index (κ2) is 4.61. The average Bonchev–Trinajstić information content (AvgIpc) is 2.82. The first-order valence-corrected chi connectivity index (χ1v) is 5.39. The summed E-state index contributed by atoms with van der Waals surface area (Å²) in [5.41, 5.74) is 0. The summed E-state index contributed by atoms with van der Waals surface area (Å²) < 4.78 is 5.36. The van der Waals surface area contributed by atoms with Crippen molar-refractivity contribution in [1.82, 2.24) is 20.1 Å². The Morgan fingerprint density at radius 2 is 2.50 bits per heavy atom. The van der Waals surface area contributed by atoms with Gasteiger partial charge in [-0.3, -0.25) is 9.89 Å². The van der Waals surface area contributed by atoms with E-state index in [4.69, 9.17) is 4.74 Å². The Morgan fingerprint density at radius 3 is 3.12 bits per heavy atom. The van der Waals surface area contributed by atoms with E-state index in [9.17, 15) is 4.79 Å². The molecular weight excluding hydrogens is 208 g/mol. The lowest BCUT2D eigenvalue weighted by molar-refractivity contribution is -0.00198. The summed E-state index contributed by atoms with van der Waals surface area (Å²) in [4.78, 5) is 17.6. The maximum absolute atomic E-state index is 12.0. The summed E-state index contributed by atoms with van der Waals surface area (Å²) in [5.74, 6) is 0.680. The standard InChI is InChI=1S/C10H16N4O2/c1-7-3-4-14(5-8(7)16-2)10(15)9-11-6-12-13-9/h6-8H,3-5H2,1-2H3,(H,11,12,13). The molecule has 16 heavy (non-hydrogen) atoms. The van der Waals surface area contributed by atoms with E-state index in [-0.39, 0.29) is 12.0 Å². The summed E-state index contributed by atoms with van der Waals surface area (Å²) >= 11 is 0. The van der Waals surface area contributed by atoms with E-state index in [0.29, 0.717) is 18.3 Å². The van der Waals surface area contributed by atoms with Crippen LogP contribution in [0.2, 0.25) is 0 Å². The third kappa shape index (κ3) is 2.06. The molecular formula is C10H16N4O2. The maximum atomic E-state index is 12.0. The van der Waals surface area contributed by atoms with Crippen molar-refractivity contribution in [2.45, 2.75) is 19.4 Å². The Morgan fingerprint density at radius 1 is 1.69 bits per heavy atom. The van der Waals surface area contributed by atoms with Crippen LogP contribution >= 0.6 is 0 Å². The number of nitrogens with one attached hydrogen (secondary N) is 1. The average molecular weight is 224 g/mol. The quantitative estimate of drug-likeness (QED) is 0.784. The van der Waals surface area contributed by atoms with Crippen molar-refractivity contribution in [3.63, 3.8) is 0 Å². The molecule has 0 radical (unpaired) electrons. The van der Waals surface area contributed by atoms with Crippen LogP contribution in [0, 0.1) is 5.92 Å². The number of amides is 1. The van der Waals surface area contributed by atoms with Crippen LogP contribution in [0.15, 0.2) is 6.33 Å². The fourth-order valence-corrected chi connectivity index (χ4v) is 1.98. The number of aromatic nitrogens is 3. The molecule has 0 aromatic carbocycles. The predicted molar refractivity (Wildman–Crippen MR) is 56.9 cm³/mol. The van der Waals surface area contributed by atoms with Crippen LogP contribution in [0.1, 0.15) is 24.0 Å². The minimum absolute atomic E-state index is 0.105. The fourth-order valence-electron chi connectivity index (χ4n) is 1.98. The lowest BCUT2D eigenvalue weighted by atomic mass is 9.96. The van der Waals surface area contributed by atoms with Gasteiger partial charge in [-0.1, -0.05) is 6.92 Å². The first kappa shape index (κ1) is 11.1. The van der Waals surface area contributed by atoms with Gasteiger partial charge in [0.05, 0.1) is 6.10 Å². The van der Waals surface area contributed by atoms with Gasteiger partial charge < -0.3 is 9.64 Å². The molecule has 2 rings (SSSR count). The highest BCUT2D eigenvalue weighted by atomic mass is 16.5. The van der Waals surface area contributed by atoms with E-state index < -0.39 is 0 Å². The summed E-state index contributed by atoms with van der Waals surface area (Å²) in [5, 5.41) is 6.26. The van der Waals surface area contributed by atoms with E-state index >= 15 is 0 Å². The molecule has 1 amide bonds.